The summed E-state index contributed by atoms with van der Waals surface area (Å²) in [6.07, 6.45) is 0. The zero-order chi connectivity index (χ0) is 10.6. The summed E-state index contributed by atoms with van der Waals surface area (Å²) in [5, 5.41) is 0.125. The average Bonchev–Trinajstić information content (AvgIpc) is 2.16. The van der Waals surface area contributed by atoms with Crippen LogP contribution in [0.2, 0.25) is 0 Å². The number of rotatable bonds is 3. The summed E-state index contributed by atoms with van der Waals surface area (Å²) >= 11 is 4.72. The van der Waals surface area contributed by atoms with Crippen LogP contribution in [0, 0.1) is 0 Å². The molecule has 1 rings (SSSR count). The first-order chi connectivity index (χ1) is 6.63. The van der Waals surface area contributed by atoms with Crippen LogP contribution in [-0.2, 0) is 10.5 Å². The molecule has 0 heterocycles. The monoisotopic (exact) mass is 274 g/mol. The standard InChI is InChI=1S/C10H11BrO2S/c1-7(12)14-6-8-5-9(13-2)3-4-10(8)11/h3-5H,6H2,1-2H3. The van der Waals surface area contributed by atoms with Gasteiger partial charge >= 0.3 is 0 Å². The Labute approximate surface area is 96.2 Å². The summed E-state index contributed by atoms with van der Waals surface area (Å²) in [7, 11) is 1.63. The molecule has 0 fully saturated rings. The summed E-state index contributed by atoms with van der Waals surface area (Å²) < 4.78 is 6.11. The lowest BCUT2D eigenvalue weighted by atomic mass is 10.2. The molecule has 0 aliphatic rings. The molecule has 0 aliphatic heterocycles. The fourth-order valence-electron chi connectivity index (χ4n) is 0.968. The molecule has 1 aromatic carbocycles. The van der Waals surface area contributed by atoms with Crippen molar-refractivity contribution in [2.75, 3.05) is 7.11 Å². The average molecular weight is 275 g/mol. The fourth-order valence-corrected chi connectivity index (χ4v) is 2.14. The molecule has 0 amide bonds. The maximum absolute atomic E-state index is 10.8. The first-order valence-electron chi connectivity index (χ1n) is 4.09. The second-order valence-corrected chi connectivity index (χ2v) is 4.74. The Kier molecular flexibility index (Phi) is 4.48. The van der Waals surface area contributed by atoms with Crippen molar-refractivity contribution in [2.45, 2.75) is 12.7 Å². The zero-order valence-corrected chi connectivity index (χ0v) is 10.4. The molecule has 0 atom stereocenters. The minimum Gasteiger partial charge on any atom is -0.497 e. The number of hydrogen-bond donors (Lipinski definition) is 0. The van der Waals surface area contributed by atoms with Gasteiger partial charge in [-0.1, -0.05) is 27.7 Å². The molecule has 0 radical (unpaired) electrons. The van der Waals surface area contributed by atoms with E-state index in [1.54, 1.807) is 14.0 Å². The van der Waals surface area contributed by atoms with Crippen LogP contribution in [0.4, 0.5) is 0 Å². The van der Waals surface area contributed by atoms with Gasteiger partial charge < -0.3 is 4.74 Å². The SMILES string of the molecule is COc1ccc(Br)c(CSC(C)=O)c1. The van der Waals surface area contributed by atoms with Crippen molar-refractivity contribution in [3.8, 4) is 5.75 Å². The van der Waals surface area contributed by atoms with Gasteiger partial charge in [-0.2, -0.15) is 0 Å². The van der Waals surface area contributed by atoms with Crippen LogP contribution in [0.3, 0.4) is 0 Å². The molecule has 14 heavy (non-hydrogen) atoms. The molecule has 1 aromatic rings. The van der Waals surface area contributed by atoms with Gasteiger partial charge in [0.25, 0.3) is 0 Å². The quantitative estimate of drug-likeness (QED) is 0.847. The van der Waals surface area contributed by atoms with Crippen LogP contribution in [0.1, 0.15) is 12.5 Å². The Bertz CT molecular complexity index is 339. The van der Waals surface area contributed by atoms with Crippen molar-refractivity contribution < 1.29 is 9.53 Å². The third kappa shape index (κ3) is 3.35. The smallest absolute Gasteiger partial charge is 0.186 e. The van der Waals surface area contributed by atoms with Gasteiger partial charge in [-0.25, -0.2) is 0 Å². The van der Waals surface area contributed by atoms with Gasteiger partial charge in [0.1, 0.15) is 5.75 Å². The van der Waals surface area contributed by atoms with Crippen LogP contribution >= 0.6 is 27.7 Å². The van der Waals surface area contributed by atoms with Crippen molar-refractivity contribution in [1.29, 1.82) is 0 Å². The van der Waals surface area contributed by atoms with Gasteiger partial charge in [0, 0.05) is 17.1 Å². The topological polar surface area (TPSA) is 26.3 Å². The van der Waals surface area contributed by atoms with E-state index in [-0.39, 0.29) is 5.12 Å². The fraction of sp³-hybridized carbons (Fsp3) is 0.300. The minimum absolute atomic E-state index is 0.125. The van der Waals surface area contributed by atoms with E-state index in [2.05, 4.69) is 15.9 Å². The Morgan fingerprint density at radius 3 is 2.86 bits per heavy atom. The first-order valence-corrected chi connectivity index (χ1v) is 5.87. The van der Waals surface area contributed by atoms with E-state index >= 15 is 0 Å². The highest BCUT2D eigenvalue weighted by molar-refractivity contribution is 9.10. The van der Waals surface area contributed by atoms with Crippen molar-refractivity contribution in [1.82, 2.24) is 0 Å². The lowest BCUT2D eigenvalue weighted by molar-refractivity contribution is -0.109. The van der Waals surface area contributed by atoms with Crippen LogP contribution in [0.5, 0.6) is 5.75 Å². The Hall–Kier alpha value is -0.480. The molecule has 76 valence electrons. The van der Waals surface area contributed by atoms with Gasteiger partial charge in [-0.15, -0.1) is 0 Å². The lowest BCUT2D eigenvalue weighted by Crippen LogP contribution is -1.89. The largest absolute Gasteiger partial charge is 0.497 e. The molecule has 4 heteroatoms. The molecule has 0 aliphatic carbocycles. The third-order valence-electron chi connectivity index (χ3n) is 1.68. The van der Waals surface area contributed by atoms with Crippen molar-refractivity contribution in [3.63, 3.8) is 0 Å². The van der Waals surface area contributed by atoms with Crippen LogP contribution < -0.4 is 4.74 Å². The van der Waals surface area contributed by atoms with Crippen LogP contribution in [0.25, 0.3) is 0 Å². The van der Waals surface area contributed by atoms with E-state index in [1.807, 2.05) is 18.2 Å². The highest BCUT2D eigenvalue weighted by Gasteiger charge is 2.03. The third-order valence-corrected chi connectivity index (χ3v) is 3.32. The van der Waals surface area contributed by atoms with E-state index in [9.17, 15) is 4.79 Å². The maximum Gasteiger partial charge on any atom is 0.186 e. The van der Waals surface area contributed by atoms with Gasteiger partial charge in [0.15, 0.2) is 5.12 Å². The summed E-state index contributed by atoms with van der Waals surface area (Å²) in [4.78, 5) is 10.8. The van der Waals surface area contributed by atoms with Crippen LogP contribution in [0.15, 0.2) is 22.7 Å². The molecule has 0 saturated carbocycles. The van der Waals surface area contributed by atoms with E-state index < -0.39 is 0 Å². The predicted molar refractivity (Wildman–Crippen MR) is 62.7 cm³/mol. The minimum atomic E-state index is 0.125. The molecule has 0 N–H and O–H groups in total. The number of methoxy groups -OCH3 is 1. The number of carbonyl (C=O) groups is 1. The molecular formula is C10H11BrO2S. The van der Waals surface area contributed by atoms with Crippen molar-refractivity contribution in [3.05, 3.63) is 28.2 Å². The van der Waals surface area contributed by atoms with Gasteiger partial charge in [0.2, 0.25) is 0 Å². The highest BCUT2D eigenvalue weighted by atomic mass is 79.9. The highest BCUT2D eigenvalue weighted by Crippen LogP contribution is 2.26. The molecule has 0 aromatic heterocycles. The number of ether oxygens (including phenoxy) is 1. The number of hydrogen-bond acceptors (Lipinski definition) is 3. The van der Waals surface area contributed by atoms with E-state index in [0.29, 0.717) is 5.75 Å². The Morgan fingerprint density at radius 2 is 2.29 bits per heavy atom. The molecular weight excluding hydrogens is 264 g/mol. The maximum atomic E-state index is 10.8. The number of halogens is 1. The van der Waals surface area contributed by atoms with Gasteiger partial charge in [0.05, 0.1) is 7.11 Å². The second-order valence-electron chi connectivity index (χ2n) is 2.74. The Morgan fingerprint density at radius 1 is 1.57 bits per heavy atom. The van der Waals surface area contributed by atoms with E-state index in [0.717, 1.165) is 15.8 Å². The van der Waals surface area contributed by atoms with Crippen LogP contribution in [-0.4, -0.2) is 12.2 Å². The van der Waals surface area contributed by atoms with Crippen molar-refractivity contribution in [2.24, 2.45) is 0 Å². The van der Waals surface area contributed by atoms with E-state index in [1.165, 1.54) is 11.8 Å². The molecule has 0 bridgehead atoms. The molecule has 0 spiro atoms. The molecule has 2 nitrogen and oxygen atoms in total. The summed E-state index contributed by atoms with van der Waals surface area (Å²) in [5.74, 6) is 1.49. The van der Waals surface area contributed by atoms with Crippen molar-refractivity contribution >= 4 is 32.8 Å². The lowest BCUT2D eigenvalue weighted by Gasteiger charge is -2.05. The predicted octanol–water partition coefficient (Wildman–Crippen LogP) is 3.24. The number of benzene rings is 1. The Balaban J connectivity index is 2.78. The number of thioether (sulfide) groups is 1. The zero-order valence-electron chi connectivity index (χ0n) is 8.04. The summed E-state index contributed by atoms with van der Waals surface area (Å²) in [6.45, 7) is 1.57. The second kappa shape index (κ2) is 5.41. The summed E-state index contributed by atoms with van der Waals surface area (Å²) in [6, 6.07) is 5.74. The first kappa shape index (κ1) is 11.6. The number of carbonyl (C=O) groups excluding carboxylic acids is 1. The van der Waals surface area contributed by atoms with E-state index in [4.69, 9.17) is 4.74 Å². The summed E-state index contributed by atoms with van der Waals surface area (Å²) in [5.41, 5.74) is 1.07. The normalized spacial score (nSPS) is 9.93. The molecule has 0 unspecified atom stereocenters. The molecule has 0 saturated heterocycles. The van der Waals surface area contributed by atoms with Gasteiger partial charge in [-0.05, 0) is 23.8 Å². The van der Waals surface area contributed by atoms with Gasteiger partial charge in [-0.3, -0.25) is 4.79 Å².